The number of hydrogen-bond acceptors (Lipinski definition) is 7. The van der Waals surface area contributed by atoms with Crippen molar-refractivity contribution in [1.29, 1.82) is 0 Å². The van der Waals surface area contributed by atoms with Crippen LogP contribution in [0.1, 0.15) is 40.9 Å². The van der Waals surface area contributed by atoms with Gasteiger partial charge in [-0.1, -0.05) is 6.58 Å². The molecule has 3 aliphatic rings. The Labute approximate surface area is 213 Å². The zero-order valence-corrected chi connectivity index (χ0v) is 21.1. The highest BCUT2D eigenvalue weighted by molar-refractivity contribution is 7.17. The highest BCUT2D eigenvalue weighted by Gasteiger charge is 2.25. The topological polar surface area (TPSA) is 94.9 Å². The molecule has 2 aliphatic heterocycles. The molecule has 0 bridgehead atoms. The number of likely N-dealkylation sites (N-methyl/N-ethyl adjacent to an activating group) is 1. The third-order valence-corrected chi connectivity index (χ3v) is 7.92. The number of nitrogens with zero attached hydrogens (tertiary/aromatic N) is 5. The molecule has 0 atom stereocenters. The lowest BCUT2D eigenvalue weighted by molar-refractivity contribution is -0.115. The first kappa shape index (κ1) is 22.9. The minimum absolute atomic E-state index is 0.0845. The second-order valence-corrected chi connectivity index (χ2v) is 10.9. The van der Waals surface area contributed by atoms with Crippen LogP contribution >= 0.6 is 11.3 Å². The zero-order valence-electron chi connectivity index (χ0n) is 20.3. The van der Waals surface area contributed by atoms with Crippen molar-refractivity contribution in [3.8, 4) is 10.6 Å². The molecule has 1 aliphatic carbocycles. The Morgan fingerprint density at radius 1 is 1.25 bits per heavy atom. The van der Waals surface area contributed by atoms with Crippen molar-refractivity contribution >= 4 is 40.7 Å². The number of amides is 2. The third kappa shape index (κ3) is 4.54. The van der Waals surface area contributed by atoms with Crippen LogP contribution in [0.5, 0.6) is 0 Å². The van der Waals surface area contributed by atoms with Gasteiger partial charge in [-0.25, -0.2) is 4.98 Å². The van der Waals surface area contributed by atoms with Crippen LogP contribution in [0.15, 0.2) is 42.2 Å². The van der Waals surface area contributed by atoms with Crippen LogP contribution in [0.3, 0.4) is 0 Å². The zero-order chi connectivity index (χ0) is 24.8. The maximum atomic E-state index is 13.2. The molecule has 0 aromatic carbocycles. The summed E-state index contributed by atoms with van der Waals surface area (Å²) < 4.78 is 1.79. The number of fused-ring (bicyclic) bond motifs is 1. The molecule has 36 heavy (non-hydrogen) atoms. The molecule has 2 saturated heterocycles. The maximum Gasteiger partial charge on any atom is 0.263 e. The highest BCUT2D eigenvalue weighted by atomic mass is 32.1. The van der Waals surface area contributed by atoms with E-state index in [-0.39, 0.29) is 11.8 Å². The molecule has 3 fully saturated rings. The molecule has 0 radical (unpaired) electrons. The van der Waals surface area contributed by atoms with Gasteiger partial charge in [-0.15, -0.1) is 11.3 Å². The van der Waals surface area contributed by atoms with Gasteiger partial charge in [-0.05, 0) is 51.1 Å². The number of rotatable bonds is 5. The van der Waals surface area contributed by atoms with E-state index in [1.165, 1.54) is 11.3 Å². The van der Waals surface area contributed by atoms with Gasteiger partial charge in [0, 0.05) is 55.0 Å². The van der Waals surface area contributed by atoms with Gasteiger partial charge >= 0.3 is 0 Å². The fourth-order valence-corrected chi connectivity index (χ4v) is 5.58. The van der Waals surface area contributed by atoms with Gasteiger partial charge in [0.2, 0.25) is 0 Å². The molecule has 3 aromatic rings. The first-order valence-electron chi connectivity index (χ1n) is 12.4. The van der Waals surface area contributed by atoms with Crippen molar-refractivity contribution in [2.45, 2.75) is 31.7 Å². The predicted molar refractivity (Wildman–Crippen MR) is 141 cm³/mol. The van der Waals surface area contributed by atoms with Crippen molar-refractivity contribution in [1.82, 2.24) is 29.7 Å². The SMILES string of the molecule is C=C1C/C(=C\c2cnn3c(NC4CC4)cc(-c4ccc(C(=O)N5CCCN(C)CC5)s4)nc23)C(=O)N1. The van der Waals surface area contributed by atoms with E-state index in [0.717, 1.165) is 72.3 Å². The van der Waals surface area contributed by atoms with Crippen LogP contribution in [-0.4, -0.2) is 75.5 Å². The quantitative estimate of drug-likeness (QED) is 0.519. The molecule has 0 spiro atoms. The molecule has 9 nitrogen and oxygen atoms in total. The van der Waals surface area contributed by atoms with E-state index in [2.05, 4.69) is 34.3 Å². The van der Waals surface area contributed by atoms with Crippen molar-refractivity contribution in [3.63, 3.8) is 0 Å². The summed E-state index contributed by atoms with van der Waals surface area (Å²) in [5.74, 6) is 0.813. The standard InChI is InChI=1S/C26H29N7O2S/c1-16-12-17(25(34)28-16)13-18-15-27-33-23(29-19-4-5-19)14-20(30-24(18)33)21-6-7-22(36-21)26(35)32-9-3-8-31(2)10-11-32/h6-7,13-15,19,29H,1,3-5,8-12H2,2H3,(H,28,34)/b17-13+. The number of nitrogens with one attached hydrogen (secondary N) is 2. The average Bonchev–Trinajstić information content (AvgIpc) is 3.30. The van der Waals surface area contributed by atoms with E-state index >= 15 is 0 Å². The van der Waals surface area contributed by atoms with E-state index in [1.807, 2.05) is 29.2 Å². The Morgan fingerprint density at radius 2 is 2.11 bits per heavy atom. The first-order valence-corrected chi connectivity index (χ1v) is 13.2. The largest absolute Gasteiger partial charge is 0.367 e. The second kappa shape index (κ2) is 9.18. The summed E-state index contributed by atoms with van der Waals surface area (Å²) in [6.45, 7) is 7.30. The first-order chi connectivity index (χ1) is 17.4. The van der Waals surface area contributed by atoms with Gasteiger partial charge in [0.1, 0.15) is 5.82 Å². The minimum atomic E-state index is -0.132. The van der Waals surface area contributed by atoms with Crippen LogP contribution in [0.4, 0.5) is 5.82 Å². The Balaban J connectivity index is 1.35. The van der Waals surface area contributed by atoms with Crippen molar-refractivity contribution in [3.05, 3.63) is 52.7 Å². The Bertz CT molecular complexity index is 1400. The molecule has 3 aromatic heterocycles. The van der Waals surface area contributed by atoms with E-state index in [0.29, 0.717) is 29.4 Å². The number of aromatic nitrogens is 3. The van der Waals surface area contributed by atoms with Crippen LogP contribution in [0.2, 0.25) is 0 Å². The number of anilines is 1. The van der Waals surface area contributed by atoms with E-state index < -0.39 is 0 Å². The molecule has 1 saturated carbocycles. The van der Waals surface area contributed by atoms with Crippen LogP contribution in [-0.2, 0) is 4.79 Å². The number of carbonyl (C=O) groups excluding carboxylic acids is 2. The Morgan fingerprint density at radius 3 is 2.89 bits per heavy atom. The fourth-order valence-electron chi connectivity index (χ4n) is 4.64. The van der Waals surface area contributed by atoms with E-state index in [4.69, 9.17) is 4.98 Å². The molecule has 2 amide bonds. The molecule has 2 N–H and O–H groups in total. The molecular formula is C26H29N7O2S. The molecule has 0 unspecified atom stereocenters. The Kier molecular flexibility index (Phi) is 5.85. The summed E-state index contributed by atoms with van der Waals surface area (Å²) in [4.78, 5) is 36.3. The Hall–Kier alpha value is -3.50. The van der Waals surface area contributed by atoms with Crippen molar-refractivity contribution < 1.29 is 9.59 Å². The van der Waals surface area contributed by atoms with Gasteiger partial charge in [-0.3, -0.25) is 9.59 Å². The minimum Gasteiger partial charge on any atom is -0.367 e. The van der Waals surface area contributed by atoms with Crippen molar-refractivity contribution in [2.24, 2.45) is 0 Å². The fraction of sp³-hybridized carbons (Fsp3) is 0.385. The molecule has 10 heteroatoms. The van der Waals surface area contributed by atoms with Crippen LogP contribution in [0.25, 0.3) is 22.3 Å². The summed E-state index contributed by atoms with van der Waals surface area (Å²) in [5, 5.41) is 10.9. The molecule has 186 valence electrons. The van der Waals surface area contributed by atoms with E-state index in [1.54, 1.807) is 10.7 Å². The number of thiophene rings is 1. The summed E-state index contributed by atoms with van der Waals surface area (Å²) in [6, 6.07) is 6.31. The summed E-state index contributed by atoms with van der Waals surface area (Å²) >= 11 is 1.47. The lowest BCUT2D eigenvalue weighted by Gasteiger charge is -2.19. The summed E-state index contributed by atoms with van der Waals surface area (Å²) in [5.41, 5.74) is 3.57. The second-order valence-electron chi connectivity index (χ2n) is 9.80. The summed E-state index contributed by atoms with van der Waals surface area (Å²) in [7, 11) is 2.10. The number of hydrogen-bond donors (Lipinski definition) is 2. The predicted octanol–water partition coefficient (Wildman–Crippen LogP) is 3.23. The van der Waals surface area contributed by atoms with Gasteiger partial charge in [0.15, 0.2) is 5.65 Å². The van der Waals surface area contributed by atoms with Gasteiger partial charge < -0.3 is 20.4 Å². The summed E-state index contributed by atoms with van der Waals surface area (Å²) in [6.07, 6.45) is 7.31. The number of carbonyl (C=O) groups is 2. The lowest BCUT2D eigenvalue weighted by Crippen LogP contribution is -2.34. The number of allylic oxidation sites excluding steroid dienone is 1. The lowest BCUT2D eigenvalue weighted by atomic mass is 10.1. The smallest absolute Gasteiger partial charge is 0.263 e. The molecule has 5 heterocycles. The maximum absolute atomic E-state index is 13.2. The van der Waals surface area contributed by atoms with Gasteiger partial charge in [-0.2, -0.15) is 9.61 Å². The van der Waals surface area contributed by atoms with Crippen LogP contribution in [0, 0.1) is 0 Å². The van der Waals surface area contributed by atoms with Crippen molar-refractivity contribution in [2.75, 3.05) is 38.5 Å². The van der Waals surface area contributed by atoms with E-state index in [9.17, 15) is 9.59 Å². The van der Waals surface area contributed by atoms with Crippen LogP contribution < -0.4 is 10.6 Å². The van der Waals surface area contributed by atoms with Gasteiger partial charge in [0.25, 0.3) is 11.8 Å². The third-order valence-electron chi connectivity index (χ3n) is 6.82. The molecular weight excluding hydrogens is 474 g/mol. The van der Waals surface area contributed by atoms with Gasteiger partial charge in [0.05, 0.1) is 21.6 Å². The average molecular weight is 504 g/mol. The molecule has 6 rings (SSSR count). The monoisotopic (exact) mass is 503 g/mol. The highest BCUT2D eigenvalue weighted by Crippen LogP contribution is 2.33. The normalized spacial score (nSPS) is 20.2.